The van der Waals surface area contributed by atoms with Crippen molar-refractivity contribution in [3.05, 3.63) is 0 Å². The first-order valence-corrected chi connectivity index (χ1v) is 4.46. The van der Waals surface area contributed by atoms with Crippen LogP contribution in [-0.4, -0.2) is 36.2 Å². The lowest BCUT2D eigenvalue weighted by Crippen LogP contribution is -2.45. The zero-order chi connectivity index (χ0) is 11.3. The number of nitrogens with one attached hydrogen (secondary N) is 1. The summed E-state index contributed by atoms with van der Waals surface area (Å²) in [5.74, 6) is -1.27. The van der Waals surface area contributed by atoms with Crippen LogP contribution in [0.1, 0.15) is 20.8 Å². The molecule has 0 fully saturated rings. The van der Waals surface area contributed by atoms with Gasteiger partial charge in [0.25, 0.3) is 0 Å². The predicted octanol–water partition coefficient (Wildman–Crippen LogP) is -0.319. The lowest BCUT2D eigenvalue weighted by atomic mass is 10.1. The van der Waals surface area contributed by atoms with Crippen LogP contribution in [0.15, 0.2) is 0 Å². The first-order chi connectivity index (χ1) is 6.40. The van der Waals surface area contributed by atoms with Gasteiger partial charge in [-0.1, -0.05) is 13.8 Å². The van der Waals surface area contributed by atoms with Crippen LogP contribution in [0.2, 0.25) is 0 Å². The zero-order valence-electron chi connectivity index (χ0n) is 8.90. The Morgan fingerprint density at radius 2 is 1.79 bits per heavy atom. The molecule has 1 amide bonds. The maximum Gasteiger partial charge on any atom is 0.328 e. The molecule has 14 heavy (non-hydrogen) atoms. The van der Waals surface area contributed by atoms with Gasteiger partial charge in [0.05, 0.1) is 7.11 Å². The van der Waals surface area contributed by atoms with Gasteiger partial charge in [-0.05, 0) is 12.8 Å². The van der Waals surface area contributed by atoms with Gasteiger partial charge in [-0.2, -0.15) is 0 Å². The van der Waals surface area contributed by atoms with Crippen molar-refractivity contribution in [3.63, 3.8) is 0 Å². The lowest BCUT2D eigenvalue weighted by molar-refractivity contribution is -0.146. The fourth-order valence-electron chi connectivity index (χ4n) is 0.837. The van der Waals surface area contributed by atoms with E-state index in [1.807, 2.05) is 0 Å². The van der Waals surface area contributed by atoms with E-state index >= 15 is 0 Å². The van der Waals surface area contributed by atoms with E-state index < -0.39 is 24.0 Å². The molecule has 0 aliphatic heterocycles. The molecule has 0 bridgehead atoms. The van der Waals surface area contributed by atoms with Gasteiger partial charge < -0.3 is 15.2 Å². The van der Waals surface area contributed by atoms with Crippen molar-refractivity contribution in [1.82, 2.24) is 5.32 Å². The number of esters is 1. The first kappa shape index (κ1) is 12.9. The molecule has 5 nitrogen and oxygen atoms in total. The third kappa shape index (κ3) is 3.74. The molecule has 2 N–H and O–H groups in total. The molecule has 0 aliphatic rings. The molecule has 0 heterocycles. The van der Waals surface area contributed by atoms with Crippen LogP contribution < -0.4 is 5.32 Å². The summed E-state index contributed by atoms with van der Waals surface area (Å²) in [6, 6.07) is -0.735. The van der Waals surface area contributed by atoms with Gasteiger partial charge in [-0.3, -0.25) is 4.79 Å². The summed E-state index contributed by atoms with van der Waals surface area (Å²) >= 11 is 0. The molecule has 0 aromatic carbocycles. The molecular formula is C9H17NO4. The van der Waals surface area contributed by atoms with Crippen molar-refractivity contribution in [1.29, 1.82) is 0 Å². The summed E-state index contributed by atoms with van der Waals surface area (Å²) in [4.78, 5) is 22.2. The molecule has 2 atom stereocenters. The molecule has 82 valence electrons. The van der Waals surface area contributed by atoms with Gasteiger partial charge >= 0.3 is 5.97 Å². The fraction of sp³-hybridized carbons (Fsp3) is 0.778. The predicted molar refractivity (Wildman–Crippen MR) is 50.5 cm³/mol. The Balaban J connectivity index is 4.12. The van der Waals surface area contributed by atoms with E-state index in [2.05, 4.69) is 10.1 Å². The molecule has 0 spiro atoms. The number of carbonyl (C=O) groups is 2. The van der Waals surface area contributed by atoms with Crippen LogP contribution in [0, 0.1) is 5.92 Å². The van der Waals surface area contributed by atoms with Crippen LogP contribution in [0.25, 0.3) is 0 Å². The standard InChI is InChI=1S/C9H17NO4/c1-5(2)7(11)8(12)10-6(3)9(13)14-4/h5-7,11H,1-4H3,(H,10,12)/t6-,7-/m0/s1. The van der Waals surface area contributed by atoms with E-state index in [1.165, 1.54) is 14.0 Å². The number of hydrogen-bond acceptors (Lipinski definition) is 4. The SMILES string of the molecule is COC(=O)[C@H](C)NC(=O)[C@@H](O)C(C)C. The molecular weight excluding hydrogens is 186 g/mol. The van der Waals surface area contributed by atoms with Crippen LogP contribution in [0.3, 0.4) is 0 Å². The normalized spacial score (nSPS) is 14.7. The molecule has 0 saturated carbocycles. The van der Waals surface area contributed by atoms with E-state index in [-0.39, 0.29) is 5.92 Å². The van der Waals surface area contributed by atoms with Crippen LogP contribution in [-0.2, 0) is 14.3 Å². The van der Waals surface area contributed by atoms with Gasteiger partial charge in [0.2, 0.25) is 5.91 Å². The van der Waals surface area contributed by atoms with Crippen LogP contribution in [0.5, 0.6) is 0 Å². The monoisotopic (exact) mass is 203 g/mol. The molecule has 0 saturated heterocycles. The summed E-state index contributed by atoms with van der Waals surface area (Å²) < 4.78 is 4.42. The second-order valence-electron chi connectivity index (χ2n) is 3.44. The van der Waals surface area contributed by atoms with E-state index in [9.17, 15) is 14.7 Å². The average molecular weight is 203 g/mol. The van der Waals surface area contributed by atoms with Gasteiger partial charge in [0, 0.05) is 0 Å². The Morgan fingerprint density at radius 1 is 1.29 bits per heavy atom. The minimum atomic E-state index is -1.10. The quantitative estimate of drug-likeness (QED) is 0.614. The number of hydrogen-bond donors (Lipinski definition) is 2. The number of methoxy groups -OCH3 is 1. The van der Waals surface area contributed by atoms with Gasteiger partial charge in [0.1, 0.15) is 12.1 Å². The van der Waals surface area contributed by atoms with Crippen molar-refractivity contribution >= 4 is 11.9 Å². The highest BCUT2D eigenvalue weighted by Gasteiger charge is 2.23. The number of ether oxygens (including phenoxy) is 1. The van der Waals surface area contributed by atoms with E-state index in [0.29, 0.717) is 0 Å². The lowest BCUT2D eigenvalue weighted by Gasteiger charge is -2.17. The number of aliphatic hydroxyl groups is 1. The van der Waals surface area contributed by atoms with Crippen molar-refractivity contribution in [2.45, 2.75) is 32.9 Å². The van der Waals surface area contributed by atoms with Gasteiger partial charge in [-0.25, -0.2) is 4.79 Å². The zero-order valence-corrected chi connectivity index (χ0v) is 8.90. The molecule has 0 rings (SSSR count). The van der Waals surface area contributed by atoms with Crippen LogP contribution >= 0.6 is 0 Å². The fourth-order valence-corrected chi connectivity index (χ4v) is 0.837. The Labute approximate surface area is 83.4 Å². The third-order valence-corrected chi connectivity index (χ3v) is 1.81. The summed E-state index contributed by atoms with van der Waals surface area (Å²) in [7, 11) is 1.24. The topological polar surface area (TPSA) is 75.6 Å². The number of carbonyl (C=O) groups excluding carboxylic acids is 2. The van der Waals surface area contributed by atoms with Crippen molar-refractivity contribution in [2.75, 3.05) is 7.11 Å². The second-order valence-corrected chi connectivity index (χ2v) is 3.44. The summed E-state index contributed by atoms with van der Waals surface area (Å²) in [6.45, 7) is 4.93. The second kappa shape index (κ2) is 5.59. The third-order valence-electron chi connectivity index (χ3n) is 1.81. The smallest absolute Gasteiger partial charge is 0.328 e. The first-order valence-electron chi connectivity index (χ1n) is 4.46. The van der Waals surface area contributed by atoms with Gasteiger partial charge in [0.15, 0.2) is 0 Å². The van der Waals surface area contributed by atoms with Crippen molar-refractivity contribution in [2.24, 2.45) is 5.92 Å². The highest BCUT2D eigenvalue weighted by atomic mass is 16.5. The minimum Gasteiger partial charge on any atom is -0.467 e. The van der Waals surface area contributed by atoms with E-state index in [4.69, 9.17) is 0 Å². The van der Waals surface area contributed by atoms with Crippen molar-refractivity contribution in [3.8, 4) is 0 Å². The maximum atomic E-state index is 11.2. The highest BCUT2D eigenvalue weighted by molar-refractivity contribution is 5.86. The van der Waals surface area contributed by atoms with E-state index in [1.54, 1.807) is 13.8 Å². The summed E-state index contributed by atoms with van der Waals surface area (Å²) in [5.41, 5.74) is 0. The largest absolute Gasteiger partial charge is 0.467 e. The van der Waals surface area contributed by atoms with E-state index in [0.717, 1.165) is 0 Å². The molecule has 0 aliphatic carbocycles. The minimum absolute atomic E-state index is 0.181. The Morgan fingerprint density at radius 3 is 2.14 bits per heavy atom. The number of rotatable bonds is 4. The molecule has 5 heteroatoms. The Kier molecular flexibility index (Phi) is 5.15. The Bertz CT molecular complexity index is 215. The number of aliphatic hydroxyl groups excluding tert-OH is 1. The molecule has 0 radical (unpaired) electrons. The van der Waals surface area contributed by atoms with Crippen molar-refractivity contribution < 1.29 is 19.4 Å². The highest BCUT2D eigenvalue weighted by Crippen LogP contribution is 2.01. The summed E-state index contributed by atoms with van der Waals surface area (Å²) in [5, 5.41) is 11.7. The average Bonchev–Trinajstić information content (AvgIpc) is 2.14. The number of amides is 1. The maximum absolute atomic E-state index is 11.2. The molecule has 0 unspecified atom stereocenters. The van der Waals surface area contributed by atoms with Gasteiger partial charge in [-0.15, -0.1) is 0 Å². The summed E-state index contributed by atoms with van der Waals surface area (Å²) in [6.07, 6.45) is -1.10. The molecule has 0 aromatic heterocycles. The Hall–Kier alpha value is -1.10. The van der Waals surface area contributed by atoms with Crippen LogP contribution in [0.4, 0.5) is 0 Å². The molecule has 0 aromatic rings.